The molecule has 0 bridgehead atoms. The molecule has 0 spiro atoms. The average Bonchev–Trinajstić information content (AvgIpc) is 3.13. The lowest BCUT2D eigenvalue weighted by atomic mass is 10.2. The first-order valence-corrected chi connectivity index (χ1v) is 10.7. The number of rotatable bonds is 12. The number of para-hydroxylation sites is 2. The molecule has 0 unspecified atom stereocenters. The van der Waals surface area contributed by atoms with Crippen LogP contribution in [0.1, 0.15) is 38.4 Å². The molecule has 0 aliphatic carbocycles. The standard InChI is InChI=1S/C24H31N3O3/c1-3-24(28)25-16-8-4-5-11-23-26-21-9-6-7-10-22(21)27(23)17-18-30-20-14-12-19(29-2)13-15-20/h6-7,9-10,12-15H,3-5,8,11,16-18H2,1-2H3,(H,25,28). The summed E-state index contributed by atoms with van der Waals surface area (Å²) in [7, 11) is 1.66. The van der Waals surface area contributed by atoms with Gasteiger partial charge in [0.25, 0.3) is 0 Å². The summed E-state index contributed by atoms with van der Waals surface area (Å²) in [6.07, 6.45) is 4.56. The van der Waals surface area contributed by atoms with Crippen molar-refractivity contribution < 1.29 is 14.3 Å². The van der Waals surface area contributed by atoms with E-state index in [2.05, 4.69) is 22.0 Å². The lowest BCUT2D eigenvalue weighted by Crippen LogP contribution is -2.23. The molecule has 160 valence electrons. The van der Waals surface area contributed by atoms with E-state index in [1.165, 1.54) is 0 Å². The number of unbranched alkanes of at least 4 members (excludes halogenated alkanes) is 2. The van der Waals surface area contributed by atoms with E-state index < -0.39 is 0 Å². The molecular formula is C24H31N3O3. The Kier molecular flexibility index (Phi) is 8.12. The Morgan fingerprint density at radius 3 is 2.57 bits per heavy atom. The SMILES string of the molecule is CCC(=O)NCCCCCc1nc2ccccc2n1CCOc1ccc(OC)cc1. The van der Waals surface area contributed by atoms with Crippen LogP contribution in [0, 0.1) is 0 Å². The van der Waals surface area contributed by atoms with E-state index in [1.54, 1.807) is 7.11 Å². The van der Waals surface area contributed by atoms with Crippen molar-refractivity contribution in [1.29, 1.82) is 0 Å². The third kappa shape index (κ3) is 5.99. The Labute approximate surface area is 178 Å². The normalized spacial score (nSPS) is 10.9. The summed E-state index contributed by atoms with van der Waals surface area (Å²) in [6, 6.07) is 15.9. The van der Waals surface area contributed by atoms with Crippen molar-refractivity contribution in [1.82, 2.24) is 14.9 Å². The Bertz CT molecular complexity index is 935. The number of nitrogens with one attached hydrogen (secondary N) is 1. The molecule has 30 heavy (non-hydrogen) atoms. The zero-order valence-electron chi connectivity index (χ0n) is 17.9. The number of aryl methyl sites for hydroxylation is 1. The van der Waals surface area contributed by atoms with Gasteiger partial charge in [0.05, 0.1) is 24.7 Å². The Hall–Kier alpha value is -3.02. The monoisotopic (exact) mass is 409 g/mol. The number of aromatic nitrogens is 2. The third-order valence-electron chi connectivity index (χ3n) is 5.10. The quantitative estimate of drug-likeness (QED) is 0.451. The highest BCUT2D eigenvalue weighted by molar-refractivity contribution is 5.76. The molecule has 1 amide bonds. The largest absolute Gasteiger partial charge is 0.497 e. The van der Waals surface area contributed by atoms with E-state index in [0.29, 0.717) is 13.0 Å². The Morgan fingerprint density at radius 2 is 1.80 bits per heavy atom. The number of carbonyl (C=O) groups is 1. The summed E-state index contributed by atoms with van der Waals surface area (Å²) in [5, 5.41) is 2.93. The number of ether oxygens (including phenoxy) is 2. The molecule has 0 aliphatic heterocycles. The topological polar surface area (TPSA) is 65.4 Å². The first-order valence-electron chi connectivity index (χ1n) is 10.7. The number of nitrogens with zero attached hydrogens (tertiary/aromatic N) is 2. The molecule has 0 saturated carbocycles. The zero-order valence-corrected chi connectivity index (χ0v) is 17.9. The number of amides is 1. The van der Waals surface area contributed by atoms with Crippen LogP contribution in [0.5, 0.6) is 11.5 Å². The second-order valence-corrected chi connectivity index (χ2v) is 7.21. The predicted octanol–water partition coefficient (Wildman–Crippen LogP) is 4.36. The van der Waals surface area contributed by atoms with Crippen LogP contribution in [0.3, 0.4) is 0 Å². The van der Waals surface area contributed by atoms with Crippen LogP contribution >= 0.6 is 0 Å². The Morgan fingerprint density at radius 1 is 1.03 bits per heavy atom. The number of hydrogen-bond acceptors (Lipinski definition) is 4. The molecule has 0 fully saturated rings. The molecule has 1 N–H and O–H groups in total. The van der Waals surface area contributed by atoms with E-state index in [-0.39, 0.29) is 5.91 Å². The van der Waals surface area contributed by atoms with Gasteiger partial charge in [-0.05, 0) is 49.2 Å². The predicted molar refractivity (Wildman–Crippen MR) is 119 cm³/mol. The first kappa shape index (κ1) is 21.7. The smallest absolute Gasteiger partial charge is 0.219 e. The minimum atomic E-state index is 0.119. The van der Waals surface area contributed by atoms with Crippen molar-refractivity contribution in [2.24, 2.45) is 0 Å². The van der Waals surface area contributed by atoms with Gasteiger partial charge in [0.15, 0.2) is 0 Å². The van der Waals surface area contributed by atoms with Crippen LogP contribution in [0.2, 0.25) is 0 Å². The maximum atomic E-state index is 11.3. The number of benzene rings is 2. The molecule has 6 nitrogen and oxygen atoms in total. The number of imidazole rings is 1. The van der Waals surface area contributed by atoms with Crippen molar-refractivity contribution >= 4 is 16.9 Å². The van der Waals surface area contributed by atoms with Crippen LogP contribution in [0.25, 0.3) is 11.0 Å². The van der Waals surface area contributed by atoms with E-state index in [4.69, 9.17) is 14.5 Å². The van der Waals surface area contributed by atoms with Gasteiger partial charge in [-0.3, -0.25) is 4.79 Å². The van der Waals surface area contributed by atoms with Crippen LogP contribution in [-0.4, -0.2) is 35.7 Å². The van der Waals surface area contributed by atoms with Crippen molar-refractivity contribution in [3.8, 4) is 11.5 Å². The maximum absolute atomic E-state index is 11.3. The number of hydrogen-bond donors (Lipinski definition) is 1. The van der Waals surface area contributed by atoms with Gasteiger partial charge in [-0.15, -0.1) is 0 Å². The van der Waals surface area contributed by atoms with Crippen LogP contribution < -0.4 is 14.8 Å². The highest BCUT2D eigenvalue weighted by Crippen LogP contribution is 2.20. The highest BCUT2D eigenvalue weighted by atomic mass is 16.5. The first-order chi connectivity index (χ1) is 14.7. The van der Waals surface area contributed by atoms with Crippen LogP contribution in [0.4, 0.5) is 0 Å². The second kappa shape index (κ2) is 11.2. The summed E-state index contributed by atoms with van der Waals surface area (Å²) < 4.78 is 13.4. The molecule has 1 heterocycles. The molecule has 0 atom stereocenters. The van der Waals surface area contributed by atoms with Gasteiger partial charge in [0, 0.05) is 19.4 Å². The van der Waals surface area contributed by atoms with Crippen molar-refractivity contribution in [2.75, 3.05) is 20.3 Å². The minimum Gasteiger partial charge on any atom is -0.497 e. The van der Waals surface area contributed by atoms with Gasteiger partial charge in [0.1, 0.15) is 23.9 Å². The highest BCUT2D eigenvalue weighted by Gasteiger charge is 2.10. The maximum Gasteiger partial charge on any atom is 0.219 e. The molecule has 6 heteroatoms. The summed E-state index contributed by atoms with van der Waals surface area (Å²) in [5.74, 6) is 2.86. The lowest BCUT2D eigenvalue weighted by Gasteiger charge is -2.11. The van der Waals surface area contributed by atoms with Gasteiger partial charge < -0.3 is 19.4 Å². The lowest BCUT2D eigenvalue weighted by molar-refractivity contribution is -0.120. The van der Waals surface area contributed by atoms with Crippen molar-refractivity contribution in [3.05, 3.63) is 54.4 Å². The molecule has 2 aromatic carbocycles. The van der Waals surface area contributed by atoms with E-state index in [0.717, 1.165) is 67.1 Å². The third-order valence-corrected chi connectivity index (χ3v) is 5.10. The molecule has 0 aliphatic rings. The molecule has 0 radical (unpaired) electrons. The number of fused-ring (bicyclic) bond motifs is 1. The summed E-state index contributed by atoms with van der Waals surface area (Å²) in [6.45, 7) is 3.94. The van der Waals surface area contributed by atoms with E-state index >= 15 is 0 Å². The van der Waals surface area contributed by atoms with Gasteiger partial charge in [-0.1, -0.05) is 25.5 Å². The molecule has 0 saturated heterocycles. The van der Waals surface area contributed by atoms with E-state index in [9.17, 15) is 4.79 Å². The van der Waals surface area contributed by atoms with E-state index in [1.807, 2.05) is 43.3 Å². The number of carbonyl (C=O) groups excluding carboxylic acids is 1. The molecule has 3 aromatic rings. The fourth-order valence-electron chi connectivity index (χ4n) is 3.43. The van der Waals surface area contributed by atoms with Gasteiger partial charge >= 0.3 is 0 Å². The zero-order chi connectivity index (χ0) is 21.2. The summed E-state index contributed by atoms with van der Waals surface area (Å²) in [4.78, 5) is 16.1. The second-order valence-electron chi connectivity index (χ2n) is 7.21. The minimum absolute atomic E-state index is 0.119. The van der Waals surface area contributed by atoms with Gasteiger partial charge in [-0.25, -0.2) is 4.98 Å². The van der Waals surface area contributed by atoms with Crippen molar-refractivity contribution in [3.63, 3.8) is 0 Å². The molecule has 1 aromatic heterocycles. The van der Waals surface area contributed by atoms with Gasteiger partial charge in [0.2, 0.25) is 5.91 Å². The van der Waals surface area contributed by atoms with Gasteiger partial charge in [-0.2, -0.15) is 0 Å². The number of methoxy groups -OCH3 is 1. The molecule has 3 rings (SSSR count). The fourth-order valence-corrected chi connectivity index (χ4v) is 3.43. The molecular weight excluding hydrogens is 378 g/mol. The average molecular weight is 410 g/mol. The summed E-state index contributed by atoms with van der Waals surface area (Å²) >= 11 is 0. The van der Waals surface area contributed by atoms with Crippen LogP contribution in [0.15, 0.2) is 48.5 Å². The fraction of sp³-hybridized carbons (Fsp3) is 0.417. The van der Waals surface area contributed by atoms with Crippen molar-refractivity contribution in [2.45, 2.75) is 45.6 Å². The summed E-state index contributed by atoms with van der Waals surface area (Å²) in [5.41, 5.74) is 2.16. The Balaban J connectivity index is 1.55. The van der Waals surface area contributed by atoms with Crippen LogP contribution in [-0.2, 0) is 17.8 Å².